The van der Waals surface area contributed by atoms with Crippen molar-refractivity contribution in [1.29, 1.82) is 0 Å². The molecule has 2 aromatic carbocycles. The van der Waals surface area contributed by atoms with E-state index in [4.69, 9.17) is 16.6 Å². The van der Waals surface area contributed by atoms with Gasteiger partial charge in [-0.15, -0.1) is 0 Å². The summed E-state index contributed by atoms with van der Waals surface area (Å²) in [4.78, 5) is 20.2. The number of amides is 1. The van der Waals surface area contributed by atoms with Crippen LogP contribution in [-0.2, 0) is 11.5 Å². The van der Waals surface area contributed by atoms with E-state index in [-0.39, 0.29) is 18.9 Å². The number of alkyl halides is 1. The van der Waals surface area contributed by atoms with E-state index in [0.29, 0.717) is 28.8 Å². The Morgan fingerprint density at radius 3 is 2.81 bits per heavy atom. The topological polar surface area (TPSA) is 94.5 Å². The number of carbonyl (C=O) groups excluding carboxylic acids is 1. The van der Waals surface area contributed by atoms with Gasteiger partial charge < -0.3 is 20.3 Å². The number of carbonyl (C=O) groups is 1. The van der Waals surface area contributed by atoms with Gasteiger partial charge in [-0.2, -0.15) is 0 Å². The number of halogens is 2. The molecule has 36 heavy (non-hydrogen) atoms. The average molecular weight is 574 g/mol. The van der Waals surface area contributed by atoms with Crippen LogP contribution in [0.15, 0.2) is 48.5 Å². The van der Waals surface area contributed by atoms with E-state index < -0.39 is 10.6 Å². The predicted octanol–water partition coefficient (Wildman–Crippen LogP) is 3.14. The standard InChI is InChI=1S/C26H30BrClN6O2/c1-17-4-2-7-21-24(17)32-25(34(21)16-33-10-8-29-9-11-33)20-13-26(27,14-23(36)31-20)30-15-22(35)18-5-3-6-19(28)12-18/h2-7,12-13,22,29-30,35H,8-11,14-16H2,1H3,(H,31,36). The maximum absolute atomic E-state index is 12.8. The van der Waals surface area contributed by atoms with Gasteiger partial charge in [0.25, 0.3) is 0 Å². The van der Waals surface area contributed by atoms with Crippen LogP contribution in [0, 0.1) is 6.92 Å². The van der Waals surface area contributed by atoms with Crippen molar-refractivity contribution in [2.75, 3.05) is 32.7 Å². The molecule has 1 amide bonds. The van der Waals surface area contributed by atoms with E-state index in [1.54, 1.807) is 12.1 Å². The van der Waals surface area contributed by atoms with Crippen LogP contribution in [0.1, 0.15) is 29.5 Å². The fourth-order valence-electron chi connectivity index (χ4n) is 4.76. The van der Waals surface area contributed by atoms with E-state index in [9.17, 15) is 9.90 Å². The molecule has 2 unspecified atom stereocenters. The third-order valence-electron chi connectivity index (χ3n) is 6.66. The molecule has 8 nitrogen and oxygen atoms in total. The highest BCUT2D eigenvalue weighted by molar-refractivity contribution is 9.10. The fourth-order valence-corrected chi connectivity index (χ4v) is 5.61. The first kappa shape index (κ1) is 25.4. The van der Waals surface area contributed by atoms with Crippen LogP contribution in [0.2, 0.25) is 5.02 Å². The first-order valence-corrected chi connectivity index (χ1v) is 13.3. The summed E-state index contributed by atoms with van der Waals surface area (Å²) < 4.78 is 1.34. The number of imidazole rings is 1. The molecule has 10 heteroatoms. The van der Waals surface area contributed by atoms with Gasteiger partial charge in [0, 0.05) is 37.7 Å². The number of nitrogens with zero attached hydrogens (tertiary/aromatic N) is 3. The number of hydrogen-bond donors (Lipinski definition) is 4. The van der Waals surface area contributed by atoms with Crippen LogP contribution < -0.4 is 16.0 Å². The van der Waals surface area contributed by atoms with Gasteiger partial charge in [0.15, 0.2) is 5.82 Å². The molecule has 5 rings (SSSR count). The highest BCUT2D eigenvalue weighted by Crippen LogP contribution is 2.32. The zero-order chi connectivity index (χ0) is 25.3. The molecule has 1 aromatic heterocycles. The van der Waals surface area contributed by atoms with Crippen LogP contribution in [0.5, 0.6) is 0 Å². The van der Waals surface area contributed by atoms with Crippen LogP contribution >= 0.6 is 27.5 Å². The Morgan fingerprint density at radius 2 is 2.03 bits per heavy atom. The summed E-state index contributed by atoms with van der Waals surface area (Å²) in [6.07, 6.45) is 1.35. The Balaban J connectivity index is 1.46. The van der Waals surface area contributed by atoms with Gasteiger partial charge >= 0.3 is 0 Å². The number of aliphatic hydroxyl groups is 1. The molecule has 2 atom stereocenters. The lowest BCUT2D eigenvalue weighted by Gasteiger charge is -2.32. The van der Waals surface area contributed by atoms with Gasteiger partial charge in [-0.3, -0.25) is 15.0 Å². The second-order valence-electron chi connectivity index (χ2n) is 9.41. The third kappa shape index (κ3) is 5.51. The summed E-state index contributed by atoms with van der Waals surface area (Å²) in [5.74, 6) is 0.582. The molecule has 1 saturated heterocycles. The van der Waals surface area contributed by atoms with Crippen LogP contribution in [0.3, 0.4) is 0 Å². The smallest absolute Gasteiger partial charge is 0.227 e. The normalized spacial score (nSPS) is 21.9. The number of piperazine rings is 1. The van der Waals surface area contributed by atoms with E-state index in [0.717, 1.165) is 42.8 Å². The third-order valence-corrected chi connectivity index (χ3v) is 7.69. The average Bonchev–Trinajstić information content (AvgIpc) is 3.22. The molecular formula is C26H30BrClN6O2. The van der Waals surface area contributed by atoms with Gasteiger partial charge in [-0.1, -0.05) is 51.8 Å². The number of benzene rings is 2. The monoisotopic (exact) mass is 572 g/mol. The molecular weight excluding hydrogens is 544 g/mol. The lowest BCUT2D eigenvalue weighted by molar-refractivity contribution is -0.120. The van der Waals surface area contributed by atoms with E-state index in [1.807, 2.05) is 24.3 Å². The summed E-state index contributed by atoms with van der Waals surface area (Å²) in [6, 6.07) is 13.3. The van der Waals surface area contributed by atoms with Gasteiger partial charge in [-0.25, -0.2) is 4.98 Å². The van der Waals surface area contributed by atoms with Crippen LogP contribution in [-0.4, -0.2) is 62.6 Å². The SMILES string of the molecule is Cc1cccc2c1nc(C1=CC(Br)(NCC(O)c3cccc(Cl)c3)CC(=O)N1)n2CN1CCNCC1. The zero-order valence-electron chi connectivity index (χ0n) is 20.1. The van der Waals surface area contributed by atoms with Crippen molar-refractivity contribution >= 4 is 50.2 Å². The summed E-state index contributed by atoms with van der Waals surface area (Å²) in [5.41, 5.74) is 4.40. The number of aryl methyl sites for hydroxylation is 1. The molecule has 1 fully saturated rings. The van der Waals surface area contributed by atoms with Crippen molar-refractivity contribution in [3.63, 3.8) is 0 Å². The molecule has 0 spiro atoms. The minimum absolute atomic E-state index is 0.133. The number of rotatable bonds is 7. The molecule has 2 aliphatic heterocycles. The lowest BCUT2D eigenvalue weighted by Crippen LogP contribution is -2.48. The minimum atomic E-state index is -0.836. The second-order valence-corrected chi connectivity index (χ2v) is 11.3. The van der Waals surface area contributed by atoms with E-state index >= 15 is 0 Å². The summed E-state index contributed by atoms with van der Waals surface area (Å²) in [6.45, 7) is 6.76. The summed E-state index contributed by atoms with van der Waals surface area (Å²) in [7, 11) is 0. The predicted molar refractivity (Wildman–Crippen MR) is 146 cm³/mol. The Labute approximate surface area is 223 Å². The lowest BCUT2D eigenvalue weighted by atomic mass is 10.1. The highest BCUT2D eigenvalue weighted by atomic mass is 79.9. The van der Waals surface area contributed by atoms with Crippen molar-refractivity contribution in [1.82, 2.24) is 30.4 Å². The Kier molecular flexibility index (Phi) is 7.48. The summed E-state index contributed by atoms with van der Waals surface area (Å²) >= 11 is 9.81. The van der Waals surface area contributed by atoms with Crippen LogP contribution in [0.4, 0.5) is 0 Å². The fraction of sp³-hybridized carbons (Fsp3) is 0.385. The molecule has 4 N–H and O–H groups in total. The second kappa shape index (κ2) is 10.6. The Hall–Kier alpha value is -2.27. The maximum atomic E-state index is 12.8. The van der Waals surface area contributed by atoms with Gasteiger partial charge in [-0.05, 0) is 42.3 Å². The van der Waals surface area contributed by atoms with Crippen LogP contribution in [0.25, 0.3) is 16.7 Å². The first-order chi connectivity index (χ1) is 17.3. The number of hydrogen-bond acceptors (Lipinski definition) is 6. The molecule has 0 saturated carbocycles. The van der Waals surface area contributed by atoms with Gasteiger partial charge in [0.05, 0.1) is 35.9 Å². The molecule has 0 bridgehead atoms. The maximum Gasteiger partial charge on any atom is 0.227 e. The number of para-hydroxylation sites is 1. The largest absolute Gasteiger partial charge is 0.387 e. The van der Waals surface area contributed by atoms with Gasteiger partial charge in [0.1, 0.15) is 4.45 Å². The minimum Gasteiger partial charge on any atom is -0.387 e. The number of nitrogens with one attached hydrogen (secondary N) is 3. The highest BCUT2D eigenvalue weighted by Gasteiger charge is 2.35. The molecule has 190 valence electrons. The molecule has 3 heterocycles. The molecule has 0 aliphatic carbocycles. The number of aromatic nitrogens is 2. The van der Waals surface area contributed by atoms with Crippen molar-refractivity contribution in [3.8, 4) is 0 Å². The first-order valence-electron chi connectivity index (χ1n) is 12.1. The Morgan fingerprint density at radius 1 is 1.25 bits per heavy atom. The van der Waals surface area contributed by atoms with Crippen molar-refractivity contribution < 1.29 is 9.90 Å². The zero-order valence-corrected chi connectivity index (χ0v) is 22.4. The quantitative estimate of drug-likeness (QED) is 0.256. The Bertz CT molecular complexity index is 1300. The van der Waals surface area contributed by atoms with Crippen molar-refractivity contribution in [3.05, 3.63) is 70.5 Å². The van der Waals surface area contributed by atoms with E-state index in [2.05, 4.69) is 60.4 Å². The number of fused-ring (bicyclic) bond motifs is 1. The molecule has 3 aromatic rings. The number of aliphatic hydroxyl groups excluding tert-OH is 1. The molecule has 2 aliphatic rings. The van der Waals surface area contributed by atoms with Crippen molar-refractivity contribution in [2.45, 2.75) is 30.6 Å². The summed E-state index contributed by atoms with van der Waals surface area (Å²) in [5, 5.41) is 21.0. The van der Waals surface area contributed by atoms with Crippen molar-refractivity contribution in [2.24, 2.45) is 0 Å². The van der Waals surface area contributed by atoms with Gasteiger partial charge in [0.2, 0.25) is 5.91 Å². The van der Waals surface area contributed by atoms with E-state index in [1.165, 1.54) is 0 Å². The molecule has 0 radical (unpaired) electrons.